The van der Waals surface area contributed by atoms with Crippen LogP contribution in [0.5, 0.6) is 0 Å². The fourth-order valence-electron chi connectivity index (χ4n) is 1.38. The molecule has 1 aromatic rings. The Kier molecular flexibility index (Phi) is 5.02. The van der Waals surface area contributed by atoms with Gasteiger partial charge >= 0.3 is 0 Å². The smallest absolute Gasteiger partial charge is 0.254 e. The van der Waals surface area contributed by atoms with Crippen molar-refractivity contribution in [1.29, 1.82) is 0 Å². The number of hydrogen-bond donors (Lipinski definition) is 1. The van der Waals surface area contributed by atoms with E-state index in [0.29, 0.717) is 5.56 Å². The van der Waals surface area contributed by atoms with Gasteiger partial charge in [0.05, 0.1) is 11.3 Å². The number of nitrogens with one attached hydrogen (secondary N) is 1. The molecule has 0 aliphatic rings. The standard InChI is InChI=1S/C12H17FN2O3S/c1-9-4-5-10(11(13)8-9)12(16)14-6-7-19(17,18)15(2)3/h4-5,8H,6-7H2,1-3H3,(H,14,16). The second-order valence-corrected chi connectivity index (χ2v) is 6.64. The molecule has 0 unspecified atom stereocenters. The summed E-state index contributed by atoms with van der Waals surface area (Å²) in [6.45, 7) is 1.65. The van der Waals surface area contributed by atoms with E-state index in [4.69, 9.17) is 0 Å². The maximum atomic E-state index is 13.5. The predicted molar refractivity (Wildman–Crippen MR) is 70.9 cm³/mol. The van der Waals surface area contributed by atoms with Gasteiger partial charge in [-0.05, 0) is 24.6 Å². The largest absolute Gasteiger partial charge is 0.351 e. The Hall–Kier alpha value is -1.47. The van der Waals surface area contributed by atoms with E-state index in [1.807, 2.05) is 0 Å². The molecule has 1 aromatic carbocycles. The lowest BCUT2D eigenvalue weighted by molar-refractivity contribution is 0.0952. The first-order chi connectivity index (χ1) is 8.74. The van der Waals surface area contributed by atoms with Gasteiger partial charge in [0.25, 0.3) is 5.91 Å². The molecule has 0 radical (unpaired) electrons. The predicted octanol–water partition coefficient (Wildman–Crippen LogP) is 0.755. The van der Waals surface area contributed by atoms with E-state index < -0.39 is 21.7 Å². The molecule has 5 nitrogen and oxygen atoms in total. The van der Waals surface area contributed by atoms with E-state index in [-0.39, 0.29) is 17.9 Å². The van der Waals surface area contributed by atoms with E-state index in [2.05, 4.69) is 5.32 Å². The number of sulfonamides is 1. The molecular weight excluding hydrogens is 271 g/mol. The zero-order valence-electron chi connectivity index (χ0n) is 11.1. The first-order valence-electron chi connectivity index (χ1n) is 5.68. The number of carbonyl (C=O) groups is 1. The molecule has 0 heterocycles. The van der Waals surface area contributed by atoms with Crippen LogP contribution in [0, 0.1) is 12.7 Å². The molecule has 0 aromatic heterocycles. The molecule has 0 aliphatic carbocycles. The third kappa shape index (κ3) is 4.29. The fraction of sp³-hybridized carbons (Fsp3) is 0.417. The highest BCUT2D eigenvalue weighted by atomic mass is 32.2. The highest BCUT2D eigenvalue weighted by molar-refractivity contribution is 7.89. The molecule has 0 fully saturated rings. The normalized spacial score (nSPS) is 11.6. The average Bonchev–Trinajstić information content (AvgIpc) is 2.28. The van der Waals surface area contributed by atoms with E-state index in [9.17, 15) is 17.6 Å². The highest BCUT2D eigenvalue weighted by Gasteiger charge is 2.15. The average molecular weight is 288 g/mol. The molecule has 1 N–H and O–H groups in total. The van der Waals surface area contributed by atoms with Crippen molar-refractivity contribution >= 4 is 15.9 Å². The van der Waals surface area contributed by atoms with Gasteiger partial charge in [-0.3, -0.25) is 4.79 Å². The van der Waals surface area contributed by atoms with Crippen LogP contribution >= 0.6 is 0 Å². The maximum absolute atomic E-state index is 13.5. The number of halogens is 1. The van der Waals surface area contributed by atoms with Crippen LogP contribution < -0.4 is 5.32 Å². The number of amides is 1. The number of rotatable bonds is 5. The van der Waals surface area contributed by atoms with Crippen LogP contribution in [0.25, 0.3) is 0 Å². The van der Waals surface area contributed by atoms with Crippen LogP contribution in [0.15, 0.2) is 18.2 Å². The van der Waals surface area contributed by atoms with Crippen LogP contribution in [0.1, 0.15) is 15.9 Å². The molecule has 7 heteroatoms. The van der Waals surface area contributed by atoms with Gasteiger partial charge in [0.2, 0.25) is 10.0 Å². The molecule has 0 saturated heterocycles. The summed E-state index contributed by atoms with van der Waals surface area (Å²) in [5.74, 6) is -1.46. The minimum atomic E-state index is -3.37. The highest BCUT2D eigenvalue weighted by Crippen LogP contribution is 2.09. The summed E-state index contributed by atoms with van der Waals surface area (Å²) in [7, 11) is -0.541. The summed E-state index contributed by atoms with van der Waals surface area (Å²) in [4.78, 5) is 11.7. The molecule has 0 atom stereocenters. The first-order valence-corrected chi connectivity index (χ1v) is 7.29. The lowest BCUT2D eigenvalue weighted by atomic mass is 10.1. The van der Waals surface area contributed by atoms with Crippen molar-refractivity contribution < 1.29 is 17.6 Å². The van der Waals surface area contributed by atoms with Crippen molar-refractivity contribution in [2.45, 2.75) is 6.92 Å². The Morgan fingerprint density at radius 2 is 2.00 bits per heavy atom. The van der Waals surface area contributed by atoms with Crippen LogP contribution in [0.2, 0.25) is 0 Å². The van der Waals surface area contributed by atoms with Gasteiger partial charge in [0.1, 0.15) is 5.82 Å². The monoisotopic (exact) mass is 288 g/mol. The third-order valence-electron chi connectivity index (χ3n) is 2.57. The van der Waals surface area contributed by atoms with E-state index >= 15 is 0 Å². The van der Waals surface area contributed by atoms with Crippen molar-refractivity contribution in [1.82, 2.24) is 9.62 Å². The number of nitrogens with zero attached hydrogens (tertiary/aromatic N) is 1. The van der Waals surface area contributed by atoms with Gasteiger partial charge in [-0.2, -0.15) is 0 Å². The first kappa shape index (κ1) is 15.6. The van der Waals surface area contributed by atoms with Gasteiger partial charge in [-0.15, -0.1) is 0 Å². The zero-order valence-corrected chi connectivity index (χ0v) is 11.9. The van der Waals surface area contributed by atoms with Gasteiger partial charge in [0.15, 0.2) is 0 Å². The summed E-state index contributed by atoms with van der Waals surface area (Å²) in [5, 5.41) is 2.39. The molecule has 0 aliphatic heterocycles. The van der Waals surface area contributed by atoms with Crippen LogP contribution in [0.4, 0.5) is 4.39 Å². The Labute approximate surface area is 112 Å². The lowest BCUT2D eigenvalue weighted by Crippen LogP contribution is -2.34. The molecule has 1 amide bonds. The Balaban J connectivity index is 2.62. The van der Waals surface area contributed by atoms with Crippen LogP contribution in [-0.4, -0.2) is 45.0 Å². The fourth-order valence-corrected chi connectivity index (χ4v) is 2.10. The number of carbonyl (C=O) groups excluding carboxylic acids is 1. The summed E-state index contributed by atoms with van der Waals surface area (Å²) in [6, 6.07) is 4.25. The maximum Gasteiger partial charge on any atom is 0.254 e. The minimum absolute atomic E-state index is 0.0628. The topological polar surface area (TPSA) is 66.5 Å². The second kappa shape index (κ2) is 6.12. The second-order valence-electron chi connectivity index (χ2n) is 4.34. The molecule has 0 saturated carbocycles. The van der Waals surface area contributed by atoms with Crippen molar-refractivity contribution in [3.63, 3.8) is 0 Å². The quantitative estimate of drug-likeness (QED) is 0.869. The zero-order chi connectivity index (χ0) is 14.6. The SMILES string of the molecule is Cc1ccc(C(=O)NCCS(=O)(=O)N(C)C)c(F)c1. The van der Waals surface area contributed by atoms with Gasteiger partial charge in [-0.1, -0.05) is 6.07 Å². The number of benzene rings is 1. The number of aryl methyl sites for hydroxylation is 1. The molecular formula is C12H17FN2O3S. The van der Waals surface area contributed by atoms with Gasteiger partial charge in [-0.25, -0.2) is 17.1 Å². The minimum Gasteiger partial charge on any atom is -0.351 e. The summed E-state index contributed by atoms with van der Waals surface area (Å²) < 4.78 is 37.5. The molecule has 1 rings (SSSR count). The Morgan fingerprint density at radius 3 is 2.53 bits per heavy atom. The molecule has 0 spiro atoms. The van der Waals surface area contributed by atoms with Crippen molar-refractivity contribution in [3.05, 3.63) is 35.1 Å². The van der Waals surface area contributed by atoms with E-state index in [1.165, 1.54) is 26.2 Å². The van der Waals surface area contributed by atoms with E-state index in [1.54, 1.807) is 13.0 Å². The Morgan fingerprint density at radius 1 is 1.37 bits per heavy atom. The molecule has 106 valence electrons. The summed E-state index contributed by atoms with van der Waals surface area (Å²) in [6.07, 6.45) is 0. The van der Waals surface area contributed by atoms with Crippen LogP contribution in [-0.2, 0) is 10.0 Å². The summed E-state index contributed by atoms with van der Waals surface area (Å²) in [5.41, 5.74) is 0.622. The lowest BCUT2D eigenvalue weighted by Gasteiger charge is -2.11. The Bertz CT molecular complexity index is 570. The van der Waals surface area contributed by atoms with Crippen molar-refractivity contribution in [2.75, 3.05) is 26.4 Å². The van der Waals surface area contributed by atoms with Gasteiger partial charge in [0, 0.05) is 20.6 Å². The molecule has 0 bridgehead atoms. The molecule has 19 heavy (non-hydrogen) atoms. The van der Waals surface area contributed by atoms with Crippen molar-refractivity contribution in [2.24, 2.45) is 0 Å². The van der Waals surface area contributed by atoms with Gasteiger partial charge < -0.3 is 5.32 Å². The third-order valence-corrected chi connectivity index (χ3v) is 4.40. The number of hydrogen-bond acceptors (Lipinski definition) is 3. The van der Waals surface area contributed by atoms with E-state index in [0.717, 1.165) is 4.31 Å². The van der Waals surface area contributed by atoms with Crippen LogP contribution in [0.3, 0.4) is 0 Å². The van der Waals surface area contributed by atoms with Crippen molar-refractivity contribution in [3.8, 4) is 0 Å². The summed E-state index contributed by atoms with van der Waals surface area (Å²) >= 11 is 0.